The summed E-state index contributed by atoms with van der Waals surface area (Å²) in [5.74, 6) is 2.31. The van der Waals surface area contributed by atoms with Crippen LogP contribution in [0.4, 0.5) is 0 Å². The van der Waals surface area contributed by atoms with Crippen LogP contribution in [0, 0.1) is 5.75 Å². The van der Waals surface area contributed by atoms with Crippen molar-refractivity contribution in [3.8, 4) is 0 Å². The first kappa shape index (κ1) is 11.3. The Bertz CT molecular complexity index is 93.7. The number of hydrogen-bond donors (Lipinski definition) is 0. The molecule has 0 aliphatic carbocycles. The van der Waals surface area contributed by atoms with Crippen LogP contribution in [0.25, 0.3) is 0 Å². The van der Waals surface area contributed by atoms with Gasteiger partial charge in [0.25, 0.3) is 0 Å². The molecule has 68 valence electrons. The minimum absolute atomic E-state index is 0.370. The number of nitrogens with zero attached hydrogens (tertiary/aromatic N) is 1. The van der Waals surface area contributed by atoms with E-state index in [0.717, 1.165) is 11.0 Å². The maximum Gasteiger partial charge on any atom is 0.0657 e. The highest BCUT2D eigenvalue weighted by Crippen LogP contribution is 2.25. The van der Waals surface area contributed by atoms with Crippen LogP contribution in [-0.4, -0.2) is 36.9 Å². The first-order valence-corrected chi connectivity index (χ1v) is 4.89. The van der Waals surface area contributed by atoms with Crippen LogP contribution in [0.3, 0.4) is 0 Å². The molecule has 1 nitrogen and oxygen atoms in total. The molecule has 0 heterocycles. The predicted molar refractivity (Wildman–Crippen MR) is 54.5 cm³/mol. The number of thioether (sulfide) groups is 1. The summed E-state index contributed by atoms with van der Waals surface area (Å²) in [6.45, 7) is 7.85. The van der Waals surface area contributed by atoms with Crippen molar-refractivity contribution >= 4 is 11.8 Å². The minimum atomic E-state index is 0.370. The van der Waals surface area contributed by atoms with Gasteiger partial charge in [-0.3, -0.25) is 0 Å². The average molecular weight is 175 g/mol. The van der Waals surface area contributed by atoms with Crippen LogP contribution >= 0.6 is 11.8 Å². The van der Waals surface area contributed by atoms with E-state index in [0.29, 0.717) is 4.75 Å². The average Bonchev–Trinajstić information content (AvgIpc) is 1.55. The van der Waals surface area contributed by atoms with Crippen LogP contribution in [0.1, 0.15) is 20.8 Å². The van der Waals surface area contributed by atoms with Gasteiger partial charge in [0.2, 0.25) is 0 Å². The first-order valence-electron chi connectivity index (χ1n) is 4.01. The molecular formula is C9H21NS. The smallest absolute Gasteiger partial charge is 0.0657 e. The van der Waals surface area contributed by atoms with Gasteiger partial charge in [-0.2, -0.15) is 0 Å². The van der Waals surface area contributed by atoms with Crippen LogP contribution in [0.5, 0.6) is 0 Å². The second kappa shape index (κ2) is 3.81. The Hall–Kier alpha value is 0.310. The Morgan fingerprint density at radius 2 is 1.64 bits per heavy atom. The Morgan fingerprint density at radius 3 is 1.91 bits per heavy atom. The van der Waals surface area contributed by atoms with Crippen molar-refractivity contribution in [1.82, 2.24) is 0 Å². The van der Waals surface area contributed by atoms with Crippen molar-refractivity contribution in [3.05, 3.63) is 5.75 Å². The summed E-state index contributed by atoms with van der Waals surface area (Å²) in [5.41, 5.74) is 0. The Balaban J connectivity index is 3.44. The fourth-order valence-electron chi connectivity index (χ4n) is 0.511. The summed E-state index contributed by atoms with van der Waals surface area (Å²) in [4.78, 5) is 0. The summed E-state index contributed by atoms with van der Waals surface area (Å²) in [6.07, 6.45) is 0. The van der Waals surface area contributed by atoms with E-state index in [1.807, 2.05) is 11.8 Å². The molecule has 0 bridgehead atoms. The lowest BCUT2D eigenvalue weighted by atomic mass is 10.3. The Labute approximate surface area is 75.8 Å². The second-order valence-electron chi connectivity index (χ2n) is 4.87. The third-order valence-electron chi connectivity index (χ3n) is 1.06. The lowest BCUT2D eigenvalue weighted by Gasteiger charge is -2.33. The van der Waals surface area contributed by atoms with Crippen molar-refractivity contribution in [2.75, 3.05) is 27.7 Å². The van der Waals surface area contributed by atoms with Gasteiger partial charge < -0.3 is 16.2 Å². The molecule has 0 unspecified atom stereocenters. The summed E-state index contributed by atoms with van der Waals surface area (Å²) in [6, 6.07) is 0. The minimum Gasteiger partial charge on any atom is -0.355 e. The van der Waals surface area contributed by atoms with Gasteiger partial charge in [0, 0.05) is 0 Å². The fraction of sp³-hybridized carbons (Fsp3) is 0.889. The Kier molecular flexibility index (Phi) is 3.92. The third kappa shape index (κ3) is 10.3. The molecule has 0 aliphatic heterocycles. The van der Waals surface area contributed by atoms with Gasteiger partial charge in [-0.05, 0) is 11.3 Å². The lowest BCUT2D eigenvalue weighted by molar-refractivity contribution is -0.865. The monoisotopic (exact) mass is 175 g/mol. The molecule has 2 heteroatoms. The van der Waals surface area contributed by atoms with Gasteiger partial charge >= 0.3 is 0 Å². The van der Waals surface area contributed by atoms with Crippen molar-refractivity contribution in [1.29, 1.82) is 0 Å². The van der Waals surface area contributed by atoms with Crippen molar-refractivity contribution < 1.29 is 4.48 Å². The largest absolute Gasteiger partial charge is 0.355 e. The summed E-state index contributed by atoms with van der Waals surface area (Å²) in [5, 5.41) is 0. The molecule has 0 fully saturated rings. The Morgan fingerprint density at radius 1 is 1.18 bits per heavy atom. The van der Waals surface area contributed by atoms with Gasteiger partial charge in [-0.15, -0.1) is 0 Å². The van der Waals surface area contributed by atoms with E-state index in [4.69, 9.17) is 0 Å². The standard InChI is InChI=1S/C9H21NS/c1-9(2,3)11-8-7-10(4,5)6/h8H,7H2,1-6H3. The molecule has 0 saturated heterocycles. The fourth-order valence-corrected chi connectivity index (χ4v) is 1.53. The second-order valence-corrected chi connectivity index (χ2v) is 6.66. The van der Waals surface area contributed by atoms with Gasteiger partial charge in [-0.1, -0.05) is 20.8 Å². The topological polar surface area (TPSA) is 0 Å². The molecule has 0 spiro atoms. The highest BCUT2D eigenvalue weighted by Gasteiger charge is 2.05. The third-order valence-corrected chi connectivity index (χ3v) is 2.08. The maximum absolute atomic E-state index is 2.31. The van der Waals surface area contributed by atoms with Crippen LogP contribution in [0.2, 0.25) is 0 Å². The van der Waals surface area contributed by atoms with Crippen LogP contribution in [0.15, 0.2) is 0 Å². The van der Waals surface area contributed by atoms with E-state index in [9.17, 15) is 0 Å². The zero-order valence-electron chi connectivity index (χ0n) is 8.64. The zero-order valence-corrected chi connectivity index (χ0v) is 9.46. The van der Waals surface area contributed by atoms with Crippen LogP contribution in [-0.2, 0) is 0 Å². The molecule has 0 rings (SSSR count). The molecule has 0 atom stereocenters. The first-order chi connectivity index (χ1) is 4.71. The van der Waals surface area contributed by atoms with E-state index in [1.54, 1.807) is 0 Å². The van der Waals surface area contributed by atoms with Gasteiger partial charge in [0.05, 0.1) is 21.1 Å². The van der Waals surface area contributed by atoms with E-state index in [2.05, 4.69) is 47.7 Å². The van der Waals surface area contributed by atoms with Gasteiger partial charge in [0.1, 0.15) is 0 Å². The number of rotatable bonds is 3. The highest BCUT2D eigenvalue weighted by molar-refractivity contribution is 8.02. The molecule has 0 amide bonds. The van der Waals surface area contributed by atoms with E-state index >= 15 is 0 Å². The van der Waals surface area contributed by atoms with Crippen molar-refractivity contribution in [3.63, 3.8) is 0 Å². The van der Waals surface area contributed by atoms with Gasteiger partial charge in [0.15, 0.2) is 0 Å². The number of hydrogen-bond acceptors (Lipinski definition) is 1. The molecule has 0 N–H and O–H groups in total. The van der Waals surface area contributed by atoms with E-state index in [-0.39, 0.29) is 0 Å². The zero-order chi connectivity index (χ0) is 9.12. The molecule has 0 saturated carbocycles. The maximum atomic E-state index is 2.31. The SMILES string of the molecule is CC(C)(C)S[CH-]C[N+](C)(C)C. The predicted octanol–water partition coefficient (Wildman–Crippen LogP) is 2.39. The molecule has 0 aromatic heterocycles. The van der Waals surface area contributed by atoms with E-state index < -0.39 is 0 Å². The summed E-state index contributed by atoms with van der Waals surface area (Å²) >= 11 is 1.92. The van der Waals surface area contributed by atoms with Crippen LogP contribution < -0.4 is 0 Å². The summed E-state index contributed by atoms with van der Waals surface area (Å²) in [7, 11) is 6.62. The van der Waals surface area contributed by atoms with Gasteiger partial charge in [-0.25, -0.2) is 5.75 Å². The molecule has 0 aromatic carbocycles. The number of quaternary nitrogens is 1. The van der Waals surface area contributed by atoms with Crippen molar-refractivity contribution in [2.24, 2.45) is 0 Å². The summed E-state index contributed by atoms with van der Waals surface area (Å²) < 4.78 is 1.39. The highest BCUT2D eigenvalue weighted by atomic mass is 32.2. The molecular weight excluding hydrogens is 154 g/mol. The van der Waals surface area contributed by atoms with Crippen molar-refractivity contribution in [2.45, 2.75) is 25.5 Å². The van der Waals surface area contributed by atoms with E-state index in [1.165, 1.54) is 0 Å². The molecule has 0 aromatic rings. The molecule has 0 radical (unpaired) electrons. The molecule has 0 aliphatic rings. The quantitative estimate of drug-likeness (QED) is 0.469. The molecule has 11 heavy (non-hydrogen) atoms. The normalized spacial score (nSPS) is 13.6. The lowest BCUT2D eigenvalue weighted by Crippen LogP contribution is -2.35.